The summed E-state index contributed by atoms with van der Waals surface area (Å²) in [7, 11) is 0. The number of aromatic hydroxyl groups is 1. The van der Waals surface area contributed by atoms with Crippen LogP contribution in [0.3, 0.4) is 0 Å². The molecule has 0 bridgehead atoms. The molecule has 6 heteroatoms. The number of phenols is 1. The van der Waals surface area contributed by atoms with Crippen LogP contribution in [0.2, 0.25) is 0 Å². The second kappa shape index (κ2) is 5.57. The zero-order chi connectivity index (χ0) is 16.4. The predicted octanol–water partition coefficient (Wildman–Crippen LogP) is 2.19. The van der Waals surface area contributed by atoms with Crippen molar-refractivity contribution in [1.82, 2.24) is 10.3 Å². The van der Waals surface area contributed by atoms with Crippen molar-refractivity contribution in [2.75, 3.05) is 0 Å². The van der Waals surface area contributed by atoms with Gasteiger partial charge in [0.2, 0.25) is 0 Å². The molecule has 0 unspecified atom stereocenters. The minimum absolute atomic E-state index is 0.0223. The molecule has 116 valence electrons. The van der Waals surface area contributed by atoms with Crippen LogP contribution in [0.15, 0.2) is 59.7 Å². The first-order chi connectivity index (χ1) is 11.0. The minimum Gasteiger partial charge on any atom is -0.507 e. The van der Waals surface area contributed by atoms with E-state index in [-0.39, 0.29) is 5.75 Å². The van der Waals surface area contributed by atoms with E-state index in [9.17, 15) is 14.7 Å². The topological polar surface area (TPSA) is 82.0 Å². The largest absolute Gasteiger partial charge is 0.507 e. The van der Waals surface area contributed by atoms with Gasteiger partial charge in [-0.3, -0.25) is 4.79 Å². The number of benzene rings is 2. The molecule has 1 saturated heterocycles. The van der Waals surface area contributed by atoms with E-state index in [1.165, 1.54) is 12.3 Å². The number of carbonyl (C=O) groups excluding carboxylic acids is 2. The van der Waals surface area contributed by atoms with Crippen molar-refractivity contribution in [3.05, 3.63) is 65.7 Å². The number of imide groups is 1. The van der Waals surface area contributed by atoms with Gasteiger partial charge in [-0.15, -0.1) is 5.01 Å². The van der Waals surface area contributed by atoms with Gasteiger partial charge in [-0.25, -0.2) is 4.79 Å². The fourth-order valence-electron chi connectivity index (χ4n) is 2.41. The van der Waals surface area contributed by atoms with Gasteiger partial charge in [-0.1, -0.05) is 42.5 Å². The summed E-state index contributed by atoms with van der Waals surface area (Å²) < 4.78 is 0. The lowest BCUT2D eigenvalue weighted by atomic mass is 9.92. The molecule has 3 amide bonds. The minimum atomic E-state index is -1.16. The van der Waals surface area contributed by atoms with E-state index >= 15 is 0 Å². The Morgan fingerprint density at radius 3 is 2.43 bits per heavy atom. The average Bonchev–Trinajstić information content (AvgIpc) is 2.78. The predicted molar refractivity (Wildman–Crippen MR) is 84.9 cm³/mol. The van der Waals surface area contributed by atoms with Crippen LogP contribution in [0.5, 0.6) is 5.75 Å². The summed E-state index contributed by atoms with van der Waals surface area (Å²) in [5.41, 5.74) is -0.0611. The summed E-state index contributed by atoms with van der Waals surface area (Å²) in [4.78, 5) is 24.7. The fraction of sp³-hybridized carbons (Fsp3) is 0.118. The number of amides is 3. The maximum Gasteiger partial charge on any atom is 0.346 e. The summed E-state index contributed by atoms with van der Waals surface area (Å²) >= 11 is 0. The van der Waals surface area contributed by atoms with Crippen LogP contribution < -0.4 is 5.32 Å². The number of phenolic OH excluding ortho intramolecular Hbond substituents is 1. The summed E-state index contributed by atoms with van der Waals surface area (Å²) in [5.74, 6) is -0.450. The Kier molecular flexibility index (Phi) is 3.57. The Labute approximate surface area is 133 Å². The van der Waals surface area contributed by atoms with Crippen LogP contribution >= 0.6 is 0 Å². The molecule has 1 aliphatic rings. The Morgan fingerprint density at radius 2 is 1.74 bits per heavy atom. The monoisotopic (exact) mass is 309 g/mol. The second-order valence-electron chi connectivity index (χ2n) is 5.34. The molecule has 0 spiro atoms. The highest BCUT2D eigenvalue weighted by molar-refractivity contribution is 6.07. The third-order valence-corrected chi connectivity index (χ3v) is 3.77. The Morgan fingerprint density at radius 1 is 1.09 bits per heavy atom. The highest BCUT2D eigenvalue weighted by Crippen LogP contribution is 2.28. The average molecular weight is 309 g/mol. The van der Waals surface area contributed by atoms with Crippen molar-refractivity contribution < 1.29 is 14.7 Å². The molecule has 23 heavy (non-hydrogen) atoms. The van der Waals surface area contributed by atoms with Gasteiger partial charge >= 0.3 is 6.03 Å². The number of nitrogens with one attached hydrogen (secondary N) is 1. The molecule has 1 atom stereocenters. The van der Waals surface area contributed by atoms with Gasteiger partial charge in [-0.2, -0.15) is 5.10 Å². The van der Waals surface area contributed by atoms with Gasteiger partial charge < -0.3 is 10.4 Å². The molecule has 0 radical (unpaired) electrons. The second-order valence-corrected chi connectivity index (χ2v) is 5.34. The first-order valence-electron chi connectivity index (χ1n) is 7.06. The molecule has 3 rings (SSSR count). The van der Waals surface area contributed by atoms with E-state index in [0.29, 0.717) is 11.1 Å². The van der Waals surface area contributed by atoms with Gasteiger partial charge in [0.05, 0.1) is 6.21 Å². The van der Waals surface area contributed by atoms with Crippen LogP contribution in [0.25, 0.3) is 0 Å². The first kappa shape index (κ1) is 14.8. The van der Waals surface area contributed by atoms with Crippen LogP contribution in [0, 0.1) is 0 Å². The number of hydrogen-bond acceptors (Lipinski definition) is 4. The maximum atomic E-state index is 12.6. The fourth-order valence-corrected chi connectivity index (χ4v) is 2.41. The quantitative estimate of drug-likeness (QED) is 0.673. The van der Waals surface area contributed by atoms with Crippen LogP contribution in [0.4, 0.5) is 4.79 Å². The molecule has 1 heterocycles. The van der Waals surface area contributed by atoms with Gasteiger partial charge in [-0.05, 0) is 24.6 Å². The van der Waals surface area contributed by atoms with Crippen LogP contribution in [-0.2, 0) is 10.3 Å². The number of rotatable bonds is 3. The molecule has 1 fully saturated rings. The van der Waals surface area contributed by atoms with Crippen molar-refractivity contribution >= 4 is 18.2 Å². The van der Waals surface area contributed by atoms with Gasteiger partial charge in [0.25, 0.3) is 5.91 Å². The Bertz CT molecular complexity index is 789. The highest BCUT2D eigenvalue weighted by atomic mass is 16.3. The normalized spacial score (nSPS) is 21.0. The van der Waals surface area contributed by atoms with Gasteiger partial charge in [0.1, 0.15) is 11.3 Å². The molecule has 0 saturated carbocycles. The standard InChI is InChI=1S/C17H15N3O3/c1-17(13-8-3-2-4-9-13)15(22)20(16(23)19-17)18-11-12-7-5-6-10-14(12)21/h2-11,21H,1H3,(H,19,23)/b18-11+/t17-/m0/s1. The van der Waals surface area contributed by atoms with E-state index in [1.807, 2.05) is 6.07 Å². The van der Waals surface area contributed by atoms with Crippen LogP contribution in [0.1, 0.15) is 18.1 Å². The Hall–Kier alpha value is -3.15. The number of hydrazone groups is 1. The number of nitrogens with zero attached hydrogens (tertiary/aromatic N) is 2. The van der Waals surface area contributed by atoms with E-state index < -0.39 is 17.5 Å². The molecule has 2 aromatic rings. The molecule has 2 aromatic carbocycles. The lowest BCUT2D eigenvalue weighted by molar-refractivity contribution is -0.131. The van der Waals surface area contributed by atoms with Crippen molar-refractivity contribution in [2.45, 2.75) is 12.5 Å². The molecular weight excluding hydrogens is 294 g/mol. The molecule has 0 aliphatic carbocycles. The lowest BCUT2D eigenvalue weighted by Crippen LogP contribution is -2.40. The molecule has 0 aromatic heterocycles. The third-order valence-electron chi connectivity index (χ3n) is 3.77. The Balaban J connectivity index is 1.89. The maximum absolute atomic E-state index is 12.6. The summed E-state index contributed by atoms with van der Waals surface area (Å²) in [6.45, 7) is 1.64. The SMILES string of the molecule is C[C@@]1(c2ccccc2)NC(=O)N(/N=C/c2ccccc2O)C1=O. The molecular formula is C17H15N3O3. The smallest absolute Gasteiger partial charge is 0.346 e. The zero-order valence-electron chi connectivity index (χ0n) is 12.4. The van der Waals surface area contributed by atoms with Crippen molar-refractivity contribution in [3.63, 3.8) is 0 Å². The van der Waals surface area contributed by atoms with E-state index in [2.05, 4.69) is 10.4 Å². The number of hydrogen-bond donors (Lipinski definition) is 2. The van der Waals surface area contributed by atoms with Crippen molar-refractivity contribution in [1.29, 1.82) is 0 Å². The van der Waals surface area contributed by atoms with E-state index in [4.69, 9.17) is 0 Å². The molecule has 2 N–H and O–H groups in total. The van der Waals surface area contributed by atoms with E-state index in [0.717, 1.165) is 5.01 Å². The van der Waals surface area contributed by atoms with Gasteiger partial charge in [0.15, 0.2) is 0 Å². The first-order valence-corrected chi connectivity index (χ1v) is 7.06. The summed E-state index contributed by atoms with van der Waals surface area (Å²) in [6, 6.07) is 14.9. The van der Waals surface area contributed by atoms with Crippen LogP contribution in [-0.4, -0.2) is 28.3 Å². The third kappa shape index (κ3) is 2.55. The molecule has 6 nitrogen and oxygen atoms in total. The molecule has 1 aliphatic heterocycles. The zero-order valence-corrected chi connectivity index (χ0v) is 12.4. The number of urea groups is 1. The summed E-state index contributed by atoms with van der Waals surface area (Å²) in [6.07, 6.45) is 1.28. The highest BCUT2D eigenvalue weighted by Gasteiger charge is 2.49. The number of carbonyl (C=O) groups is 2. The van der Waals surface area contributed by atoms with Gasteiger partial charge in [0, 0.05) is 5.56 Å². The van der Waals surface area contributed by atoms with Crippen molar-refractivity contribution in [2.24, 2.45) is 5.10 Å². The van der Waals surface area contributed by atoms with Crippen molar-refractivity contribution in [3.8, 4) is 5.75 Å². The number of para-hydroxylation sites is 1. The summed E-state index contributed by atoms with van der Waals surface area (Å²) in [5, 5.41) is 17.1. The van der Waals surface area contributed by atoms with E-state index in [1.54, 1.807) is 49.4 Å². The lowest BCUT2D eigenvalue weighted by Gasteiger charge is -2.20.